The molecule has 6 rings (SSSR count). The maximum Gasteiger partial charge on any atom is 0.257 e. The summed E-state index contributed by atoms with van der Waals surface area (Å²) >= 11 is 0. The molecule has 0 saturated carbocycles. The minimum atomic E-state index is -0.287. The van der Waals surface area contributed by atoms with Gasteiger partial charge in [0.25, 0.3) is 5.56 Å². The molecular weight excluding hydrogens is 444 g/mol. The van der Waals surface area contributed by atoms with Crippen LogP contribution < -0.4 is 10.9 Å². The second kappa shape index (κ2) is 8.51. The maximum atomic E-state index is 14.0. The molecule has 0 amide bonds. The quantitative estimate of drug-likeness (QED) is 0.299. The summed E-state index contributed by atoms with van der Waals surface area (Å²) in [5.74, 6) is -0.155. The van der Waals surface area contributed by atoms with Crippen LogP contribution in [0.15, 0.2) is 102 Å². The number of H-pyrrole nitrogens is 1. The number of aromatic nitrogens is 1. The highest BCUT2D eigenvalue weighted by Gasteiger charge is 2.34. The van der Waals surface area contributed by atoms with Crippen molar-refractivity contribution in [1.29, 1.82) is 0 Å². The molecule has 2 N–H and O–H groups in total. The van der Waals surface area contributed by atoms with Gasteiger partial charge in [0.15, 0.2) is 5.78 Å². The Morgan fingerprint density at radius 3 is 2.14 bits per heavy atom. The number of Topliss-reactive ketones (excluding diaryl/α,β-unsaturated/α-hetero) is 1. The lowest BCUT2D eigenvalue weighted by molar-refractivity contribution is 0.105. The van der Waals surface area contributed by atoms with Crippen LogP contribution in [0.2, 0.25) is 0 Å². The third-order valence-corrected chi connectivity index (χ3v) is 6.72. The number of rotatable bonds is 4. The lowest BCUT2D eigenvalue weighted by Crippen LogP contribution is -2.17. The molecule has 174 valence electrons. The van der Waals surface area contributed by atoms with Crippen molar-refractivity contribution in [2.75, 3.05) is 5.32 Å². The number of aryl methyl sites for hydroxylation is 2. The molecule has 0 fully saturated rings. The Kier molecular flexibility index (Phi) is 5.15. The van der Waals surface area contributed by atoms with Crippen molar-refractivity contribution in [3.8, 4) is 11.1 Å². The van der Waals surface area contributed by atoms with Crippen molar-refractivity contribution in [3.05, 3.63) is 135 Å². The van der Waals surface area contributed by atoms with E-state index in [1.54, 1.807) is 0 Å². The van der Waals surface area contributed by atoms with Gasteiger partial charge in [-0.3, -0.25) is 9.59 Å². The van der Waals surface area contributed by atoms with Gasteiger partial charge in [-0.1, -0.05) is 83.9 Å². The predicted octanol–water partition coefficient (Wildman–Crippen LogP) is 6.99. The maximum absolute atomic E-state index is 14.0. The number of anilines is 1. The highest BCUT2D eigenvalue weighted by Crippen LogP contribution is 2.42. The topological polar surface area (TPSA) is 62.0 Å². The second-order valence-corrected chi connectivity index (χ2v) is 9.23. The number of carbonyl (C=O) groups is 1. The lowest BCUT2D eigenvalue weighted by Gasteiger charge is -2.16. The summed E-state index contributed by atoms with van der Waals surface area (Å²) in [6, 6.07) is 31.4. The van der Waals surface area contributed by atoms with Gasteiger partial charge in [0.05, 0.1) is 16.8 Å². The Balaban J connectivity index is 1.72. The average molecular weight is 469 g/mol. The Labute approximate surface area is 209 Å². The van der Waals surface area contributed by atoms with E-state index in [1.165, 1.54) is 0 Å². The van der Waals surface area contributed by atoms with Crippen molar-refractivity contribution >= 4 is 33.6 Å². The number of aromatic amines is 1. The molecule has 0 bridgehead atoms. The number of pyridine rings is 1. The number of para-hydroxylation sites is 2. The van der Waals surface area contributed by atoms with E-state index in [1.807, 2.05) is 111 Å². The van der Waals surface area contributed by atoms with Crippen molar-refractivity contribution in [1.82, 2.24) is 4.98 Å². The van der Waals surface area contributed by atoms with E-state index < -0.39 is 0 Å². The van der Waals surface area contributed by atoms with Gasteiger partial charge in [0, 0.05) is 33.3 Å². The summed E-state index contributed by atoms with van der Waals surface area (Å²) in [7, 11) is 0. The number of carbonyl (C=O) groups excluding carboxylic acids is 1. The standard InChI is InChI=1S/C32H24N2O2/c1-19-12-15-21(16-13-19)27-24-10-6-7-11-26(24)34-32(36)28(27)29-30(33-22-8-4-3-5-9-22)25-18-20(2)14-17-23(25)31(29)35/h3-18,33H,1-2H3,(H,34,36). The van der Waals surface area contributed by atoms with E-state index in [9.17, 15) is 9.59 Å². The van der Waals surface area contributed by atoms with Crippen LogP contribution in [-0.2, 0) is 0 Å². The summed E-state index contributed by atoms with van der Waals surface area (Å²) < 4.78 is 0. The third-order valence-electron chi connectivity index (χ3n) is 6.72. The van der Waals surface area contributed by atoms with Gasteiger partial charge in [0.2, 0.25) is 0 Å². The third kappa shape index (κ3) is 3.55. The van der Waals surface area contributed by atoms with Crippen LogP contribution in [-0.4, -0.2) is 10.8 Å². The molecule has 1 aliphatic rings. The summed E-state index contributed by atoms with van der Waals surface area (Å²) in [5.41, 5.74) is 7.94. The Morgan fingerprint density at radius 2 is 1.36 bits per heavy atom. The number of benzene rings is 4. The zero-order valence-electron chi connectivity index (χ0n) is 20.1. The molecule has 36 heavy (non-hydrogen) atoms. The van der Waals surface area contributed by atoms with E-state index >= 15 is 0 Å². The molecule has 4 nitrogen and oxygen atoms in total. The van der Waals surface area contributed by atoms with Crippen LogP contribution >= 0.6 is 0 Å². The van der Waals surface area contributed by atoms with Crippen molar-refractivity contribution in [3.63, 3.8) is 0 Å². The van der Waals surface area contributed by atoms with Gasteiger partial charge in [-0.25, -0.2) is 0 Å². The van der Waals surface area contributed by atoms with Crippen molar-refractivity contribution in [2.45, 2.75) is 13.8 Å². The zero-order valence-corrected chi connectivity index (χ0v) is 20.1. The van der Waals surface area contributed by atoms with E-state index in [2.05, 4.69) is 10.3 Å². The minimum Gasteiger partial charge on any atom is -0.354 e. The Bertz CT molecular complexity index is 1740. The highest BCUT2D eigenvalue weighted by molar-refractivity contribution is 6.41. The molecule has 1 aliphatic carbocycles. The first-order valence-electron chi connectivity index (χ1n) is 12.0. The molecule has 5 aromatic rings. The molecule has 1 aromatic heterocycles. The van der Waals surface area contributed by atoms with E-state index in [4.69, 9.17) is 0 Å². The molecule has 0 atom stereocenters. The van der Waals surface area contributed by atoms with E-state index in [-0.39, 0.29) is 11.3 Å². The molecule has 0 spiro atoms. The number of nitrogens with one attached hydrogen (secondary N) is 2. The summed E-state index contributed by atoms with van der Waals surface area (Å²) in [5, 5.41) is 4.36. The van der Waals surface area contributed by atoms with Crippen LogP contribution in [0.4, 0.5) is 5.69 Å². The molecule has 0 unspecified atom stereocenters. The number of fused-ring (bicyclic) bond motifs is 2. The fraction of sp³-hybridized carbons (Fsp3) is 0.0625. The normalized spacial score (nSPS) is 12.8. The number of hydrogen-bond acceptors (Lipinski definition) is 3. The predicted molar refractivity (Wildman–Crippen MR) is 147 cm³/mol. The molecule has 4 heteroatoms. The largest absolute Gasteiger partial charge is 0.354 e. The first-order valence-corrected chi connectivity index (χ1v) is 12.0. The minimum absolute atomic E-state index is 0.155. The van der Waals surface area contributed by atoms with Gasteiger partial charge in [-0.2, -0.15) is 0 Å². The first kappa shape index (κ1) is 21.8. The lowest BCUT2D eigenvalue weighted by atomic mass is 9.90. The van der Waals surface area contributed by atoms with Crippen LogP contribution in [0, 0.1) is 13.8 Å². The first-order chi connectivity index (χ1) is 17.5. The van der Waals surface area contributed by atoms with Crippen LogP contribution in [0.25, 0.3) is 33.3 Å². The smallest absolute Gasteiger partial charge is 0.257 e. The summed E-state index contributed by atoms with van der Waals surface area (Å²) in [6.45, 7) is 4.04. The fourth-order valence-electron chi connectivity index (χ4n) is 4.98. The number of hydrogen-bond donors (Lipinski definition) is 2. The number of ketones is 1. The van der Waals surface area contributed by atoms with Crippen molar-refractivity contribution in [2.24, 2.45) is 0 Å². The monoisotopic (exact) mass is 468 g/mol. The molecule has 0 saturated heterocycles. The highest BCUT2D eigenvalue weighted by atomic mass is 16.1. The van der Waals surface area contributed by atoms with Crippen LogP contribution in [0.1, 0.15) is 32.6 Å². The summed E-state index contributed by atoms with van der Waals surface area (Å²) in [4.78, 5) is 30.8. The van der Waals surface area contributed by atoms with Gasteiger partial charge in [-0.15, -0.1) is 0 Å². The van der Waals surface area contributed by atoms with Gasteiger partial charge in [0.1, 0.15) is 0 Å². The second-order valence-electron chi connectivity index (χ2n) is 9.23. The Hall–Kier alpha value is -4.70. The molecule has 4 aromatic carbocycles. The molecule has 0 radical (unpaired) electrons. The molecular formula is C32H24N2O2. The molecule has 1 heterocycles. The number of allylic oxidation sites excluding steroid dienone is 1. The fourth-order valence-corrected chi connectivity index (χ4v) is 4.98. The SMILES string of the molecule is Cc1ccc(-c2c(C3=C(Nc4ccccc4)c4cc(C)ccc4C3=O)c(=O)[nH]c3ccccc23)cc1. The average Bonchev–Trinajstić information content (AvgIpc) is 3.14. The van der Waals surface area contributed by atoms with E-state index in [0.717, 1.165) is 44.4 Å². The van der Waals surface area contributed by atoms with Gasteiger partial charge < -0.3 is 10.3 Å². The van der Waals surface area contributed by atoms with Crippen molar-refractivity contribution < 1.29 is 4.79 Å². The summed E-state index contributed by atoms with van der Waals surface area (Å²) in [6.07, 6.45) is 0. The Morgan fingerprint density at radius 1 is 0.667 bits per heavy atom. The molecule has 0 aliphatic heterocycles. The van der Waals surface area contributed by atoms with Crippen LogP contribution in [0.3, 0.4) is 0 Å². The zero-order chi connectivity index (χ0) is 24.8. The van der Waals surface area contributed by atoms with E-state index in [0.29, 0.717) is 22.4 Å². The van der Waals surface area contributed by atoms with Gasteiger partial charge in [-0.05, 0) is 43.7 Å². The van der Waals surface area contributed by atoms with Gasteiger partial charge >= 0.3 is 0 Å². The van der Waals surface area contributed by atoms with Crippen LogP contribution in [0.5, 0.6) is 0 Å².